The van der Waals surface area contributed by atoms with Crippen LogP contribution in [0.15, 0.2) is 22.8 Å². The molecule has 29 heavy (non-hydrogen) atoms. The maximum Gasteiger partial charge on any atom is 0.291 e. The van der Waals surface area contributed by atoms with E-state index in [1.54, 1.807) is 23.5 Å². The average molecular weight is 417 g/mol. The highest BCUT2D eigenvalue weighted by molar-refractivity contribution is 7.17. The molecule has 1 aliphatic carbocycles. The molecule has 1 N–H and O–H groups in total. The minimum atomic E-state index is -0.322. The molecule has 0 aromatic carbocycles. The first-order chi connectivity index (χ1) is 13.8. The second-order valence-corrected chi connectivity index (χ2v) is 9.95. The number of nitrogens with one attached hydrogen (secondary N) is 1. The lowest BCUT2D eigenvalue weighted by atomic mass is 9.72. The van der Waals surface area contributed by atoms with Gasteiger partial charge >= 0.3 is 0 Å². The fraction of sp³-hybridized carbons (Fsp3) is 0.545. The summed E-state index contributed by atoms with van der Waals surface area (Å²) in [4.78, 5) is 29.1. The maximum atomic E-state index is 13.4. The van der Waals surface area contributed by atoms with E-state index in [4.69, 9.17) is 9.15 Å². The number of fused-ring (bicyclic) bond motifs is 1. The number of carbonyl (C=O) groups excluding carboxylic acids is 2. The molecule has 2 aromatic rings. The van der Waals surface area contributed by atoms with Crippen LogP contribution in [0, 0.1) is 11.3 Å². The Morgan fingerprint density at radius 3 is 2.66 bits per heavy atom. The first-order valence-electron chi connectivity index (χ1n) is 10.2. The number of ether oxygens (including phenoxy) is 1. The fourth-order valence-corrected chi connectivity index (χ4v) is 5.45. The van der Waals surface area contributed by atoms with Crippen molar-refractivity contribution in [2.24, 2.45) is 11.3 Å². The zero-order valence-corrected chi connectivity index (χ0v) is 18.1. The van der Waals surface area contributed by atoms with Gasteiger partial charge in [0.05, 0.1) is 25.0 Å². The van der Waals surface area contributed by atoms with Crippen molar-refractivity contribution >= 4 is 28.2 Å². The van der Waals surface area contributed by atoms with Crippen molar-refractivity contribution in [3.8, 4) is 0 Å². The molecule has 156 valence electrons. The summed E-state index contributed by atoms with van der Waals surface area (Å²) < 4.78 is 10.6. The van der Waals surface area contributed by atoms with Crippen molar-refractivity contribution in [1.29, 1.82) is 0 Å². The monoisotopic (exact) mass is 416 g/mol. The van der Waals surface area contributed by atoms with Crippen LogP contribution in [0.5, 0.6) is 0 Å². The molecule has 0 bridgehead atoms. The number of nitrogens with zero attached hydrogens (tertiary/aromatic N) is 1. The molecule has 0 unspecified atom stereocenters. The molecule has 4 rings (SSSR count). The van der Waals surface area contributed by atoms with E-state index in [1.165, 1.54) is 11.1 Å². The first kappa shape index (κ1) is 20.2. The van der Waals surface area contributed by atoms with E-state index in [1.807, 2.05) is 4.90 Å². The molecule has 1 aliphatic heterocycles. The van der Waals surface area contributed by atoms with Gasteiger partial charge in [0.15, 0.2) is 5.76 Å². The number of thiophene rings is 1. The molecular weight excluding hydrogens is 388 g/mol. The van der Waals surface area contributed by atoms with Crippen molar-refractivity contribution in [1.82, 2.24) is 4.90 Å². The third-order valence-corrected chi connectivity index (χ3v) is 7.14. The Morgan fingerprint density at radius 2 is 2.00 bits per heavy atom. The zero-order valence-electron chi connectivity index (χ0n) is 17.2. The van der Waals surface area contributed by atoms with E-state index in [2.05, 4.69) is 26.1 Å². The summed E-state index contributed by atoms with van der Waals surface area (Å²) >= 11 is 1.55. The summed E-state index contributed by atoms with van der Waals surface area (Å²) in [6.45, 7) is 9.09. The summed E-state index contributed by atoms with van der Waals surface area (Å²) in [7, 11) is 0. The second-order valence-electron chi connectivity index (χ2n) is 8.85. The minimum absolute atomic E-state index is 0.00486. The quantitative estimate of drug-likeness (QED) is 0.813. The standard InChI is InChI=1S/C22H28N2O4S/c1-22(2,3)14-6-7-15-17(13-14)29-20(23-19(25)16-5-4-10-28-16)18(15)21(26)24-8-11-27-12-9-24/h4-5,10,14H,6-9,11-13H2,1-3H3,(H,23,25)/t14-/m0/s1. The normalized spacial score (nSPS) is 19.7. The van der Waals surface area contributed by atoms with Crippen LogP contribution in [0.2, 0.25) is 0 Å². The van der Waals surface area contributed by atoms with Gasteiger partial charge in [-0.05, 0) is 48.3 Å². The van der Waals surface area contributed by atoms with Crippen LogP contribution in [0.3, 0.4) is 0 Å². The number of carbonyl (C=O) groups is 2. The summed E-state index contributed by atoms with van der Waals surface area (Å²) in [6.07, 6.45) is 4.35. The Labute approximate surface area is 175 Å². The number of anilines is 1. The SMILES string of the molecule is CC(C)(C)[C@H]1CCc2c(sc(NC(=O)c3ccco3)c2C(=O)N2CCOCC2)C1. The van der Waals surface area contributed by atoms with Gasteiger partial charge < -0.3 is 19.4 Å². The van der Waals surface area contributed by atoms with Gasteiger partial charge in [-0.25, -0.2) is 0 Å². The fourth-order valence-electron chi connectivity index (χ4n) is 4.14. The summed E-state index contributed by atoms with van der Waals surface area (Å²) in [6, 6.07) is 3.31. The van der Waals surface area contributed by atoms with Gasteiger partial charge in [0.25, 0.3) is 11.8 Å². The number of rotatable bonds is 3. The Balaban J connectivity index is 1.68. The predicted octanol–water partition coefficient (Wildman–Crippen LogP) is 4.22. The van der Waals surface area contributed by atoms with E-state index >= 15 is 0 Å². The van der Waals surface area contributed by atoms with Crippen LogP contribution in [-0.2, 0) is 17.6 Å². The molecule has 7 heteroatoms. The van der Waals surface area contributed by atoms with Gasteiger partial charge in [-0.2, -0.15) is 0 Å². The van der Waals surface area contributed by atoms with Crippen molar-refractivity contribution in [3.05, 3.63) is 40.2 Å². The summed E-state index contributed by atoms with van der Waals surface area (Å²) in [5.41, 5.74) is 1.99. The molecule has 0 spiro atoms. The highest BCUT2D eigenvalue weighted by Crippen LogP contribution is 2.44. The summed E-state index contributed by atoms with van der Waals surface area (Å²) in [5.74, 6) is 0.481. The lowest BCUT2D eigenvalue weighted by Crippen LogP contribution is -2.41. The van der Waals surface area contributed by atoms with Crippen molar-refractivity contribution in [3.63, 3.8) is 0 Å². The van der Waals surface area contributed by atoms with Gasteiger partial charge in [0.1, 0.15) is 5.00 Å². The molecule has 6 nitrogen and oxygen atoms in total. The molecular formula is C22H28N2O4S. The third-order valence-electron chi connectivity index (χ3n) is 5.97. The van der Waals surface area contributed by atoms with Crippen molar-refractivity contribution in [2.45, 2.75) is 40.0 Å². The largest absolute Gasteiger partial charge is 0.459 e. The highest BCUT2D eigenvalue weighted by atomic mass is 32.1. The van der Waals surface area contributed by atoms with Gasteiger partial charge in [-0.15, -0.1) is 11.3 Å². The van der Waals surface area contributed by atoms with Crippen molar-refractivity contribution in [2.75, 3.05) is 31.6 Å². The molecule has 1 saturated heterocycles. The maximum absolute atomic E-state index is 13.4. The number of morpholine rings is 1. The Kier molecular flexibility index (Phi) is 5.53. The summed E-state index contributed by atoms with van der Waals surface area (Å²) in [5, 5.41) is 3.59. The van der Waals surface area contributed by atoms with Gasteiger partial charge in [-0.1, -0.05) is 20.8 Å². The Bertz CT molecular complexity index is 889. The van der Waals surface area contributed by atoms with Crippen LogP contribution in [0.4, 0.5) is 5.00 Å². The molecule has 1 atom stereocenters. The molecule has 2 aliphatic rings. The first-order valence-corrected chi connectivity index (χ1v) is 11.0. The van der Waals surface area contributed by atoms with E-state index in [9.17, 15) is 9.59 Å². The molecule has 0 radical (unpaired) electrons. The number of furan rings is 1. The number of hydrogen-bond acceptors (Lipinski definition) is 5. The van der Waals surface area contributed by atoms with Crippen LogP contribution in [-0.4, -0.2) is 43.0 Å². The minimum Gasteiger partial charge on any atom is -0.459 e. The molecule has 2 amide bonds. The van der Waals surface area contributed by atoms with E-state index in [0.29, 0.717) is 42.8 Å². The van der Waals surface area contributed by atoms with Gasteiger partial charge in [0.2, 0.25) is 0 Å². The van der Waals surface area contributed by atoms with E-state index < -0.39 is 0 Å². The van der Waals surface area contributed by atoms with E-state index in [0.717, 1.165) is 24.8 Å². The molecule has 1 fully saturated rings. The number of amides is 2. The van der Waals surface area contributed by atoms with Gasteiger partial charge in [-0.3, -0.25) is 9.59 Å². The molecule has 2 aromatic heterocycles. The highest BCUT2D eigenvalue weighted by Gasteiger charge is 2.35. The van der Waals surface area contributed by atoms with Crippen LogP contribution < -0.4 is 5.32 Å². The Hall–Kier alpha value is -2.12. The van der Waals surface area contributed by atoms with Crippen LogP contribution >= 0.6 is 11.3 Å². The number of hydrogen-bond donors (Lipinski definition) is 1. The van der Waals surface area contributed by atoms with Crippen LogP contribution in [0.1, 0.15) is 58.5 Å². The lowest BCUT2D eigenvalue weighted by molar-refractivity contribution is 0.0303. The second kappa shape index (κ2) is 7.95. The topological polar surface area (TPSA) is 71.8 Å². The Morgan fingerprint density at radius 1 is 1.24 bits per heavy atom. The molecule has 0 saturated carbocycles. The third kappa shape index (κ3) is 4.12. The van der Waals surface area contributed by atoms with E-state index in [-0.39, 0.29) is 23.0 Å². The van der Waals surface area contributed by atoms with Crippen molar-refractivity contribution < 1.29 is 18.7 Å². The average Bonchev–Trinajstić information content (AvgIpc) is 3.34. The lowest BCUT2D eigenvalue weighted by Gasteiger charge is -2.34. The zero-order chi connectivity index (χ0) is 20.6. The predicted molar refractivity (Wildman–Crippen MR) is 113 cm³/mol. The van der Waals surface area contributed by atoms with Gasteiger partial charge in [0, 0.05) is 18.0 Å². The smallest absolute Gasteiger partial charge is 0.291 e. The van der Waals surface area contributed by atoms with Crippen LogP contribution in [0.25, 0.3) is 0 Å². The molecule has 3 heterocycles.